The second kappa shape index (κ2) is 3.79. The van der Waals surface area contributed by atoms with E-state index in [-0.39, 0.29) is 0 Å². The van der Waals surface area contributed by atoms with E-state index >= 15 is 0 Å². The number of nitrogens with two attached hydrogens (primary N) is 1. The standard InChI is InChI=1S/C9H10BrNO2/c1-5-7(9(11)12)3-6(13-2)4-8(5)10/h3-4H,1-2H3,(H2,11,12). The van der Waals surface area contributed by atoms with Crippen LogP contribution in [0.2, 0.25) is 0 Å². The average Bonchev–Trinajstić information content (AvgIpc) is 2.09. The van der Waals surface area contributed by atoms with Crippen LogP contribution in [-0.2, 0) is 0 Å². The quantitative estimate of drug-likeness (QED) is 0.863. The molecule has 1 amide bonds. The normalized spacial score (nSPS) is 9.77. The summed E-state index contributed by atoms with van der Waals surface area (Å²) in [5.41, 5.74) is 6.50. The summed E-state index contributed by atoms with van der Waals surface area (Å²) in [5, 5.41) is 0. The van der Waals surface area contributed by atoms with E-state index in [1.807, 2.05) is 6.92 Å². The van der Waals surface area contributed by atoms with Crippen LogP contribution in [0.15, 0.2) is 16.6 Å². The van der Waals surface area contributed by atoms with Crippen LogP contribution in [0.4, 0.5) is 0 Å². The summed E-state index contributed by atoms with van der Waals surface area (Å²) in [4.78, 5) is 11.0. The number of carbonyl (C=O) groups is 1. The van der Waals surface area contributed by atoms with Gasteiger partial charge in [0.15, 0.2) is 0 Å². The Morgan fingerprint density at radius 2 is 2.15 bits per heavy atom. The molecule has 1 aromatic rings. The zero-order valence-electron chi connectivity index (χ0n) is 7.43. The van der Waals surface area contributed by atoms with Crippen molar-refractivity contribution in [3.05, 3.63) is 27.7 Å². The molecule has 0 unspecified atom stereocenters. The Balaban J connectivity index is 3.33. The van der Waals surface area contributed by atoms with Gasteiger partial charge in [-0.25, -0.2) is 0 Å². The fraction of sp³-hybridized carbons (Fsp3) is 0.222. The number of carbonyl (C=O) groups excluding carboxylic acids is 1. The largest absolute Gasteiger partial charge is 0.497 e. The highest BCUT2D eigenvalue weighted by Crippen LogP contribution is 2.25. The second-order valence-electron chi connectivity index (χ2n) is 2.65. The maximum absolute atomic E-state index is 11.0. The molecule has 0 fully saturated rings. The Morgan fingerprint density at radius 1 is 1.54 bits per heavy atom. The number of methoxy groups -OCH3 is 1. The molecule has 0 heterocycles. The maximum atomic E-state index is 11.0. The van der Waals surface area contributed by atoms with Crippen LogP contribution >= 0.6 is 15.9 Å². The van der Waals surface area contributed by atoms with Crippen molar-refractivity contribution in [1.82, 2.24) is 0 Å². The van der Waals surface area contributed by atoms with Crippen molar-refractivity contribution < 1.29 is 9.53 Å². The minimum atomic E-state index is -0.447. The molecular formula is C9H10BrNO2. The van der Waals surface area contributed by atoms with Crippen LogP contribution in [0.1, 0.15) is 15.9 Å². The molecule has 0 saturated carbocycles. The third-order valence-electron chi connectivity index (χ3n) is 1.82. The van der Waals surface area contributed by atoms with Crippen molar-refractivity contribution in [2.45, 2.75) is 6.92 Å². The van der Waals surface area contributed by atoms with Crippen LogP contribution < -0.4 is 10.5 Å². The molecule has 0 spiro atoms. The van der Waals surface area contributed by atoms with Gasteiger partial charge in [0, 0.05) is 10.0 Å². The predicted octanol–water partition coefficient (Wildman–Crippen LogP) is 1.87. The SMILES string of the molecule is COc1cc(Br)c(C)c(C(N)=O)c1. The Labute approximate surface area is 85.0 Å². The summed E-state index contributed by atoms with van der Waals surface area (Å²) >= 11 is 3.32. The molecule has 0 aliphatic carbocycles. The third kappa shape index (κ3) is 2.01. The molecule has 2 N–H and O–H groups in total. The molecule has 4 heteroatoms. The topological polar surface area (TPSA) is 52.3 Å². The molecule has 0 bridgehead atoms. The number of primary amides is 1. The Bertz CT molecular complexity index is 350. The summed E-state index contributed by atoms with van der Waals surface area (Å²) in [7, 11) is 1.54. The smallest absolute Gasteiger partial charge is 0.249 e. The van der Waals surface area contributed by atoms with E-state index in [4.69, 9.17) is 10.5 Å². The van der Waals surface area contributed by atoms with Gasteiger partial charge in [0.2, 0.25) is 5.91 Å². The van der Waals surface area contributed by atoms with E-state index in [0.29, 0.717) is 11.3 Å². The van der Waals surface area contributed by atoms with Gasteiger partial charge in [-0.3, -0.25) is 4.79 Å². The highest BCUT2D eigenvalue weighted by Gasteiger charge is 2.09. The van der Waals surface area contributed by atoms with Crippen LogP contribution in [-0.4, -0.2) is 13.0 Å². The molecule has 0 saturated heterocycles. The number of rotatable bonds is 2. The minimum Gasteiger partial charge on any atom is -0.497 e. The van der Waals surface area contributed by atoms with E-state index in [0.717, 1.165) is 10.0 Å². The van der Waals surface area contributed by atoms with Gasteiger partial charge in [-0.05, 0) is 24.6 Å². The van der Waals surface area contributed by atoms with Crippen LogP contribution in [0.5, 0.6) is 5.75 Å². The first-order valence-electron chi connectivity index (χ1n) is 3.70. The number of hydrogen-bond acceptors (Lipinski definition) is 2. The monoisotopic (exact) mass is 243 g/mol. The zero-order valence-corrected chi connectivity index (χ0v) is 9.01. The van der Waals surface area contributed by atoms with Crippen LogP contribution in [0.25, 0.3) is 0 Å². The maximum Gasteiger partial charge on any atom is 0.249 e. The van der Waals surface area contributed by atoms with Gasteiger partial charge < -0.3 is 10.5 Å². The fourth-order valence-electron chi connectivity index (χ4n) is 1.03. The molecule has 1 rings (SSSR count). The molecule has 0 aliphatic heterocycles. The van der Waals surface area contributed by atoms with Crippen molar-refractivity contribution in [3.63, 3.8) is 0 Å². The van der Waals surface area contributed by atoms with Gasteiger partial charge in [-0.1, -0.05) is 15.9 Å². The first kappa shape index (κ1) is 10.1. The molecule has 70 valence electrons. The van der Waals surface area contributed by atoms with Gasteiger partial charge >= 0.3 is 0 Å². The number of benzene rings is 1. The van der Waals surface area contributed by atoms with Crippen LogP contribution in [0.3, 0.4) is 0 Å². The van der Waals surface area contributed by atoms with E-state index in [1.165, 1.54) is 0 Å². The summed E-state index contributed by atoms with van der Waals surface area (Å²) in [6.07, 6.45) is 0. The Kier molecular flexibility index (Phi) is 2.93. The number of ether oxygens (including phenoxy) is 1. The number of hydrogen-bond donors (Lipinski definition) is 1. The molecule has 13 heavy (non-hydrogen) atoms. The lowest BCUT2D eigenvalue weighted by Gasteiger charge is -2.07. The van der Waals surface area contributed by atoms with E-state index in [2.05, 4.69) is 15.9 Å². The molecule has 0 radical (unpaired) electrons. The minimum absolute atomic E-state index is 0.447. The van der Waals surface area contributed by atoms with Crippen molar-refractivity contribution in [2.24, 2.45) is 5.73 Å². The predicted molar refractivity (Wildman–Crippen MR) is 53.9 cm³/mol. The molecule has 0 aliphatic rings. The summed E-state index contributed by atoms with van der Waals surface area (Å²) in [6, 6.07) is 3.42. The lowest BCUT2D eigenvalue weighted by molar-refractivity contribution is 0.0999. The molecular weight excluding hydrogens is 234 g/mol. The molecule has 0 aromatic heterocycles. The average molecular weight is 244 g/mol. The third-order valence-corrected chi connectivity index (χ3v) is 2.64. The van der Waals surface area contributed by atoms with Crippen LogP contribution in [0, 0.1) is 6.92 Å². The highest BCUT2D eigenvalue weighted by atomic mass is 79.9. The van der Waals surface area contributed by atoms with Crippen molar-refractivity contribution in [1.29, 1.82) is 0 Å². The van der Waals surface area contributed by atoms with Crippen molar-refractivity contribution in [2.75, 3.05) is 7.11 Å². The van der Waals surface area contributed by atoms with Gasteiger partial charge in [0.05, 0.1) is 7.11 Å². The van der Waals surface area contributed by atoms with Gasteiger partial charge in [-0.2, -0.15) is 0 Å². The first-order chi connectivity index (χ1) is 6.06. The van der Waals surface area contributed by atoms with E-state index in [1.54, 1.807) is 19.2 Å². The summed E-state index contributed by atoms with van der Waals surface area (Å²) in [6.45, 7) is 1.82. The summed E-state index contributed by atoms with van der Waals surface area (Å²) in [5.74, 6) is 0.170. The molecule has 3 nitrogen and oxygen atoms in total. The van der Waals surface area contributed by atoms with Gasteiger partial charge in [0.1, 0.15) is 5.75 Å². The van der Waals surface area contributed by atoms with E-state index < -0.39 is 5.91 Å². The van der Waals surface area contributed by atoms with Crippen molar-refractivity contribution in [3.8, 4) is 5.75 Å². The fourth-order valence-corrected chi connectivity index (χ4v) is 1.47. The Hall–Kier alpha value is -1.03. The number of amides is 1. The lowest BCUT2D eigenvalue weighted by atomic mass is 10.1. The first-order valence-corrected chi connectivity index (χ1v) is 4.49. The van der Waals surface area contributed by atoms with Gasteiger partial charge in [-0.15, -0.1) is 0 Å². The molecule has 1 aromatic carbocycles. The summed E-state index contributed by atoms with van der Waals surface area (Å²) < 4.78 is 5.82. The van der Waals surface area contributed by atoms with Crippen molar-refractivity contribution >= 4 is 21.8 Å². The zero-order chi connectivity index (χ0) is 10.0. The number of halogens is 1. The lowest BCUT2D eigenvalue weighted by Crippen LogP contribution is -2.13. The molecule has 0 atom stereocenters. The highest BCUT2D eigenvalue weighted by molar-refractivity contribution is 9.10. The van der Waals surface area contributed by atoms with E-state index in [9.17, 15) is 4.79 Å². The second-order valence-corrected chi connectivity index (χ2v) is 3.50. The Morgan fingerprint density at radius 3 is 2.62 bits per heavy atom. The van der Waals surface area contributed by atoms with Gasteiger partial charge in [0.25, 0.3) is 0 Å².